The number of allylic oxidation sites excluding steroid dienone is 2. The molecule has 0 fully saturated rings. The summed E-state index contributed by atoms with van der Waals surface area (Å²) in [6.45, 7) is 8.73. The molecule has 8 aromatic carbocycles. The number of hydrogen-bond donors (Lipinski definition) is 2. The van der Waals surface area contributed by atoms with Gasteiger partial charge in [-0.25, -0.2) is 9.97 Å². The van der Waals surface area contributed by atoms with Crippen LogP contribution >= 0.6 is 0 Å². The number of aromatic amines is 2. The van der Waals surface area contributed by atoms with Crippen molar-refractivity contribution in [3.8, 4) is 45.3 Å². The van der Waals surface area contributed by atoms with Crippen LogP contribution in [-0.4, -0.2) is 48.4 Å². The number of aryl methyl sites for hydroxylation is 2. The molecule has 0 atom stereocenters. The van der Waals surface area contributed by atoms with Crippen molar-refractivity contribution in [2.24, 2.45) is 0 Å². The molecule has 0 radical (unpaired) electrons. The first-order chi connectivity index (χ1) is 37.2. The third-order valence-electron chi connectivity index (χ3n) is 15.7. The van der Waals surface area contributed by atoms with Gasteiger partial charge in [0.2, 0.25) is 0 Å². The topological polar surface area (TPSA) is 94.3 Å². The number of ether oxygens (including phenoxy) is 4. The SMILES string of the molecule is COc1ccc2ccccc2c1C1=C(C)c2cc3[nH]c(cc4nc(cc5[nH]c(cc1n2)c(C)c5-c1c(OC)ccc2ccccc12)C(C)=C4c1c(OC)ccc2ccccc12)c(C)c3-c1c(OC)ccc2ccccc12. The van der Waals surface area contributed by atoms with Crippen molar-refractivity contribution in [3.05, 3.63) is 215 Å². The van der Waals surface area contributed by atoms with Gasteiger partial charge in [0, 0.05) is 66.6 Å². The Kier molecular flexibility index (Phi) is 11.1. The predicted octanol–water partition coefficient (Wildman–Crippen LogP) is 16.9. The molecule has 0 aliphatic carbocycles. The largest absolute Gasteiger partial charge is 0.496 e. The second kappa shape index (κ2) is 18.2. The molecular formula is C68H54N4O4. The number of nitrogens with zero attached hydrogens (tertiary/aromatic N) is 2. The summed E-state index contributed by atoms with van der Waals surface area (Å²) in [5.41, 5.74) is 18.8. The molecule has 0 spiro atoms. The monoisotopic (exact) mass is 990 g/mol. The van der Waals surface area contributed by atoms with E-state index >= 15 is 0 Å². The van der Waals surface area contributed by atoms with Gasteiger partial charge in [-0.05, 0) is 142 Å². The fourth-order valence-electron chi connectivity index (χ4n) is 12.0. The van der Waals surface area contributed by atoms with Gasteiger partial charge in [-0.15, -0.1) is 0 Å². The van der Waals surface area contributed by atoms with Crippen molar-refractivity contribution in [2.45, 2.75) is 27.7 Å². The maximum Gasteiger partial charge on any atom is 0.127 e. The molecule has 0 unspecified atom stereocenters. The van der Waals surface area contributed by atoms with Crippen LogP contribution in [0.2, 0.25) is 0 Å². The minimum Gasteiger partial charge on any atom is -0.496 e. The Morgan fingerprint density at radius 3 is 0.921 bits per heavy atom. The lowest BCUT2D eigenvalue weighted by atomic mass is 9.91. The number of methoxy groups -OCH3 is 4. The Morgan fingerprint density at radius 2 is 0.592 bits per heavy atom. The van der Waals surface area contributed by atoms with E-state index in [0.717, 1.165) is 178 Å². The van der Waals surface area contributed by atoms with Gasteiger partial charge in [-0.2, -0.15) is 0 Å². The fraction of sp³-hybridized carbons (Fsp3) is 0.118. The minimum atomic E-state index is 0.764. The highest BCUT2D eigenvalue weighted by Crippen LogP contribution is 2.49. The van der Waals surface area contributed by atoms with Crippen LogP contribution in [0.1, 0.15) is 58.9 Å². The number of benzene rings is 8. The van der Waals surface area contributed by atoms with Gasteiger partial charge >= 0.3 is 0 Å². The van der Waals surface area contributed by atoms with Crippen LogP contribution in [0.5, 0.6) is 23.0 Å². The predicted molar refractivity (Wildman–Crippen MR) is 314 cm³/mol. The first kappa shape index (κ1) is 46.4. The Balaban J connectivity index is 1.24. The van der Waals surface area contributed by atoms with Gasteiger partial charge in [0.05, 0.1) is 51.2 Å². The normalized spacial score (nSPS) is 12.6. The summed E-state index contributed by atoms with van der Waals surface area (Å²) >= 11 is 0. The Morgan fingerprint density at radius 1 is 0.303 bits per heavy atom. The molecular weight excluding hydrogens is 937 g/mol. The summed E-state index contributed by atoms with van der Waals surface area (Å²) in [7, 11) is 6.98. The molecule has 3 aromatic heterocycles. The lowest BCUT2D eigenvalue weighted by Gasteiger charge is -2.15. The number of aromatic nitrogens is 4. The van der Waals surface area contributed by atoms with Gasteiger partial charge in [0.25, 0.3) is 0 Å². The van der Waals surface area contributed by atoms with Gasteiger partial charge in [0.1, 0.15) is 23.0 Å². The van der Waals surface area contributed by atoms with Crippen LogP contribution in [0.4, 0.5) is 0 Å². The summed E-state index contributed by atoms with van der Waals surface area (Å²) in [5.74, 6) is 3.07. The highest BCUT2D eigenvalue weighted by Gasteiger charge is 2.29. The van der Waals surface area contributed by atoms with Crippen molar-refractivity contribution in [3.63, 3.8) is 0 Å². The quantitative estimate of drug-likeness (QED) is 0.158. The zero-order valence-corrected chi connectivity index (χ0v) is 43.7. The molecule has 370 valence electrons. The number of rotatable bonds is 8. The lowest BCUT2D eigenvalue weighted by molar-refractivity contribution is 0.414. The van der Waals surface area contributed by atoms with Crippen LogP contribution in [0.25, 0.3) is 110 Å². The van der Waals surface area contributed by atoms with Crippen LogP contribution in [0, 0.1) is 13.8 Å². The second-order valence-electron chi connectivity index (χ2n) is 19.7. The summed E-state index contributed by atoms with van der Waals surface area (Å²) in [6, 6.07) is 59.6. The first-order valence-corrected chi connectivity index (χ1v) is 25.6. The second-order valence-corrected chi connectivity index (χ2v) is 19.7. The van der Waals surface area contributed by atoms with E-state index in [1.807, 2.05) is 0 Å². The van der Waals surface area contributed by atoms with Crippen molar-refractivity contribution in [2.75, 3.05) is 28.4 Å². The van der Waals surface area contributed by atoms with E-state index in [0.29, 0.717) is 0 Å². The van der Waals surface area contributed by atoms with Crippen molar-refractivity contribution in [1.29, 1.82) is 0 Å². The average Bonchev–Trinajstić information content (AvgIpc) is 4.13. The first-order valence-electron chi connectivity index (χ1n) is 25.6. The molecule has 0 saturated heterocycles. The van der Waals surface area contributed by atoms with Gasteiger partial charge in [-0.3, -0.25) is 0 Å². The van der Waals surface area contributed by atoms with Crippen molar-refractivity contribution >= 4 is 87.4 Å². The van der Waals surface area contributed by atoms with E-state index in [4.69, 9.17) is 28.9 Å². The van der Waals surface area contributed by atoms with Gasteiger partial charge < -0.3 is 28.9 Å². The molecule has 13 rings (SSSR count). The fourth-order valence-corrected chi connectivity index (χ4v) is 12.0. The van der Waals surface area contributed by atoms with E-state index in [-0.39, 0.29) is 0 Å². The van der Waals surface area contributed by atoms with Crippen LogP contribution in [0.3, 0.4) is 0 Å². The lowest BCUT2D eigenvalue weighted by Crippen LogP contribution is -1.95. The molecule has 11 aromatic rings. The zero-order valence-electron chi connectivity index (χ0n) is 43.7. The third-order valence-corrected chi connectivity index (χ3v) is 15.7. The summed E-state index contributed by atoms with van der Waals surface area (Å²) in [5, 5.41) is 8.74. The molecule has 8 heteroatoms. The molecule has 8 bridgehead atoms. The standard InChI is InChI=1S/C68H54N4O4/c1-37-49-33-54-62(66-46-22-14-10-18-42(46)26-30-58(66)74-6)39(3)51(70-54)35-56-64(68-48-24-16-12-20-44(48)28-32-60(68)76-8)40(4)52(72-56)36-55-63(67-47-23-15-11-19-43(47)27-31-59(67)75-7)38(2)50(71-55)34-53(69-49)61(37)65-45-21-13-9-17-41(45)25-29-57(65)73-5/h9-36,69,72H,1-8H3. The maximum absolute atomic E-state index is 6.27. The van der Waals surface area contributed by atoms with Gasteiger partial charge in [0.15, 0.2) is 0 Å². The number of H-pyrrole nitrogens is 2. The summed E-state index contributed by atoms with van der Waals surface area (Å²) in [4.78, 5) is 19.3. The van der Waals surface area contributed by atoms with E-state index in [1.165, 1.54) is 0 Å². The zero-order chi connectivity index (χ0) is 51.9. The third kappa shape index (κ3) is 7.19. The summed E-state index contributed by atoms with van der Waals surface area (Å²) in [6.07, 6.45) is 0. The Bertz CT molecular complexity index is 4230. The molecule has 2 aliphatic heterocycles. The molecule has 0 saturated carbocycles. The molecule has 8 nitrogen and oxygen atoms in total. The van der Waals surface area contributed by atoms with E-state index in [1.54, 1.807) is 28.4 Å². The Labute approximate surface area is 440 Å². The minimum absolute atomic E-state index is 0.764. The smallest absolute Gasteiger partial charge is 0.127 e. The molecule has 0 amide bonds. The van der Waals surface area contributed by atoms with Crippen molar-refractivity contribution < 1.29 is 18.9 Å². The van der Waals surface area contributed by atoms with Crippen molar-refractivity contribution in [1.82, 2.24) is 19.9 Å². The van der Waals surface area contributed by atoms with E-state index < -0.39 is 0 Å². The molecule has 5 heterocycles. The van der Waals surface area contributed by atoms with E-state index in [2.05, 4.69) is 208 Å². The van der Waals surface area contributed by atoms with Crippen LogP contribution in [0.15, 0.2) is 170 Å². The van der Waals surface area contributed by atoms with Crippen LogP contribution in [-0.2, 0) is 0 Å². The molecule has 76 heavy (non-hydrogen) atoms. The average molecular weight is 991 g/mol. The number of fused-ring (bicyclic) bond motifs is 12. The highest BCUT2D eigenvalue weighted by molar-refractivity contribution is 6.13. The summed E-state index contributed by atoms with van der Waals surface area (Å²) < 4.78 is 25.1. The highest BCUT2D eigenvalue weighted by atomic mass is 16.5. The van der Waals surface area contributed by atoms with E-state index in [9.17, 15) is 0 Å². The van der Waals surface area contributed by atoms with Gasteiger partial charge in [-0.1, -0.05) is 121 Å². The number of nitrogens with one attached hydrogen (secondary N) is 2. The van der Waals surface area contributed by atoms with Crippen LogP contribution < -0.4 is 18.9 Å². The maximum atomic E-state index is 6.27. The Hall–Kier alpha value is -9.40. The molecule has 2 N–H and O–H groups in total. The molecule has 2 aliphatic rings. The number of hydrogen-bond acceptors (Lipinski definition) is 6.